The fourth-order valence-corrected chi connectivity index (χ4v) is 1.60. The lowest BCUT2D eigenvalue weighted by Crippen LogP contribution is -2.30. The Kier molecular flexibility index (Phi) is 2.41. The minimum Gasteiger partial charge on any atom is -0.436 e. The van der Waals surface area contributed by atoms with E-state index in [1.807, 2.05) is 30.3 Å². The highest BCUT2D eigenvalue weighted by molar-refractivity contribution is 5.80. The number of esters is 1. The number of rotatable bonds is 2. The van der Waals surface area contributed by atoms with Gasteiger partial charge in [-0.1, -0.05) is 30.3 Å². The highest BCUT2D eigenvalue weighted by Crippen LogP contribution is 2.29. The zero-order valence-electron chi connectivity index (χ0n) is 8.29. The molecule has 1 fully saturated rings. The molecule has 1 aliphatic rings. The maximum Gasteiger partial charge on any atom is 0.330 e. The monoisotopic (exact) mass is 205 g/mol. The lowest BCUT2D eigenvalue weighted by Gasteiger charge is -2.19. The van der Waals surface area contributed by atoms with Gasteiger partial charge >= 0.3 is 5.97 Å². The number of ether oxygens (including phenoxy) is 1. The van der Waals surface area contributed by atoms with Gasteiger partial charge in [0.2, 0.25) is 12.6 Å². The van der Waals surface area contributed by atoms with Gasteiger partial charge < -0.3 is 4.74 Å². The number of amides is 1. The van der Waals surface area contributed by atoms with Gasteiger partial charge in [0.15, 0.2) is 0 Å². The van der Waals surface area contributed by atoms with Crippen molar-refractivity contribution in [2.24, 2.45) is 0 Å². The van der Waals surface area contributed by atoms with Crippen molar-refractivity contribution in [2.75, 3.05) is 0 Å². The van der Waals surface area contributed by atoms with E-state index in [9.17, 15) is 9.59 Å². The van der Waals surface area contributed by atoms with Crippen LogP contribution in [-0.2, 0) is 14.3 Å². The normalized spacial score (nSPS) is 25.1. The molecular weight excluding hydrogens is 194 g/mol. The first-order valence-corrected chi connectivity index (χ1v) is 4.72. The first kappa shape index (κ1) is 9.71. The van der Waals surface area contributed by atoms with Gasteiger partial charge in [-0.3, -0.25) is 9.69 Å². The van der Waals surface area contributed by atoms with Crippen LogP contribution in [-0.4, -0.2) is 23.3 Å². The van der Waals surface area contributed by atoms with E-state index in [0.29, 0.717) is 6.41 Å². The minimum atomic E-state index is -0.578. The Morgan fingerprint density at radius 1 is 1.33 bits per heavy atom. The van der Waals surface area contributed by atoms with Crippen molar-refractivity contribution in [1.29, 1.82) is 0 Å². The maximum atomic E-state index is 11.3. The topological polar surface area (TPSA) is 46.6 Å². The number of hydrogen-bond donors (Lipinski definition) is 0. The highest BCUT2D eigenvalue weighted by atomic mass is 16.6. The Balaban J connectivity index is 2.31. The number of cyclic esters (lactones) is 1. The number of nitrogens with zero attached hydrogens (tertiary/aromatic N) is 1. The second-order valence-corrected chi connectivity index (χ2v) is 3.43. The largest absolute Gasteiger partial charge is 0.436 e. The predicted octanol–water partition coefficient (Wildman–Crippen LogP) is 1.09. The van der Waals surface area contributed by atoms with Crippen LogP contribution in [0.25, 0.3) is 0 Å². The van der Waals surface area contributed by atoms with E-state index >= 15 is 0 Å². The number of hydrogen-bond acceptors (Lipinski definition) is 3. The molecule has 1 saturated heterocycles. The van der Waals surface area contributed by atoms with Crippen LogP contribution < -0.4 is 0 Å². The van der Waals surface area contributed by atoms with Crippen molar-refractivity contribution in [3.63, 3.8) is 0 Å². The summed E-state index contributed by atoms with van der Waals surface area (Å²) in [6.45, 7) is 1.65. The molecule has 1 aromatic carbocycles. The lowest BCUT2D eigenvalue weighted by atomic mass is 10.2. The van der Waals surface area contributed by atoms with Crippen LogP contribution in [0.5, 0.6) is 0 Å². The summed E-state index contributed by atoms with van der Waals surface area (Å²) in [5, 5.41) is 0. The quantitative estimate of drug-likeness (QED) is 0.536. The Labute approximate surface area is 87.4 Å². The Hall–Kier alpha value is -1.84. The average Bonchev–Trinajstić information content (AvgIpc) is 2.56. The molecule has 2 rings (SSSR count). The summed E-state index contributed by atoms with van der Waals surface area (Å²) in [6, 6.07) is 8.70. The third-order valence-corrected chi connectivity index (χ3v) is 2.49. The van der Waals surface area contributed by atoms with Crippen LogP contribution in [0.1, 0.15) is 18.7 Å². The summed E-state index contributed by atoms with van der Waals surface area (Å²) in [7, 11) is 0. The van der Waals surface area contributed by atoms with Gasteiger partial charge in [-0.25, -0.2) is 4.79 Å². The third-order valence-electron chi connectivity index (χ3n) is 2.49. The maximum absolute atomic E-state index is 11.3. The molecular formula is C11H11NO3. The minimum absolute atomic E-state index is 0.365. The summed E-state index contributed by atoms with van der Waals surface area (Å²) < 4.78 is 5.12. The zero-order chi connectivity index (χ0) is 10.8. The first-order chi connectivity index (χ1) is 7.24. The number of benzene rings is 1. The van der Waals surface area contributed by atoms with E-state index in [2.05, 4.69) is 0 Å². The van der Waals surface area contributed by atoms with Crippen LogP contribution in [0.4, 0.5) is 0 Å². The molecule has 2 unspecified atom stereocenters. The standard InChI is InChI=1S/C11H11NO3/c1-8-11(14)15-10(12(8)7-13)9-5-3-2-4-6-9/h2-8,10H,1H3. The molecule has 1 aliphatic heterocycles. The zero-order valence-corrected chi connectivity index (χ0v) is 8.29. The number of carbonyl (C=O) groups is 2. The molecule has 1 heterocycles. The fourth-order valence-electron chi connectivity index (χ4n) is 1.60. The Morgan fingerprint density at radius 3 is 2.60 bits per heavy atom. The molecule has 0 spiro atoms. The van der Waals surface area contributed by atoms with E-state index in [-0.39, 0.29) is 5.97 Å². The molecule has 0 bridgehead atoms. The lowest BCUT2D eigenvalue weighted by molar-refractivity contribution is -0.143. The van der Waals surface area contributed by atoms with Gasteiger partial charge in [-0.2, -0.15) is 0 Å². The summed E-state index contributed by atoms with van der Waals surface area (Å²) in [6.07, 6.45) is 0.0685. The molecule has 0 aromatic heterocycles. The SMILES string of the molecule is CC1C(=O)OC(c2ccccc2)N1C=O. The molecule has 4 nitrogen and oxygen atoms in total. The van der Waals surface area contributed by atoms with E-state index in [4.69, 9.17) is 4.74 Å². The molecule has 4 heteroatoms. The second kappa shape index (κ2) is 3.73. The van der Waals surface area contributed by atoms with E-state index in [1.165, 1.54) is 4.90 Å². The van der Waals surface area contributed by atoms with Crippen LogP contribution in [0, 0.1) is 0 Å². The molecule has 0 aliphatic carbocycles. The van der Waals surface area contributed by atoms with Crippen LogP contribution >= 0.6 is 0 Å². The van der Waals surface area contributed by atoms with Gasteiger partial charge in [0.05, 0.1) is 0 Å². The summed E-state index contributed by atoms with van der Waals surface area (Å²) in [4.78, 5) is 23.5. The molecule has 0 N–H and O–H groups in total. The molecule has 0 radical (unpaired) electrons. The summed E-state index contributed by atoms with van der Waals surface area (Å²) >= 11 is 0. The first-order valence-electron chi connectivity index (χ1n) is 4.72. The van der Waals surface area contributed by atoms with Crippen LogP contribution in [0.3, 0.4) is 0 Å². The third kappa shape index (κ3) is 1.58. The van der Waals surface area contributed by atoms with Crippen molar-refractivity contribution in [3.8, 4) is 0 Å². The fraction of sp³-hybridized carbons (Fsp3) is 0.273. The molecule has 1 aromatic rings. The van der Waals surface area contributed by atoms with Crippen molar-refractivity contribution in [3.05, 3.63) is 35.9 Å². The van der Waals surface area contributed by atoms with Gasteiger partial charge in [-0.05, 0) is 6.92 Å². The number of carbonyl (C=O) groups excluding carboxylic acids is 2. The highest BCUT2D eigenvalue weighted by Gasteiger charge is 2.38. The van der Waals surface area contributed by atoms with Crippen molar-refractivity contribution >= 4 is 12.4 Å². The van der Waals surface area contributed by atoms with Gasteiger partial charge in [0.25, 0.3) is 0 Å². The second-order valence-electron chi connectivity index (χ2n) is 3.43. The summed E-state index contributed by atoms with van der Waals surface area (Å²) in [5.41, 5.74) is 0.808. The van der Waals surface area contributed by atoms with Gasteiger partial charge in [0, 0.05) is 5.56 Å². The van der Waals surface area contributed by atoms with Gasteiger partial charge in [-0.15, -0.1) is 0 Å². The Morgan fingerprint density at radius 2 is 2.00 bits per heavy atom. The molecule has 15 heavy (non-hydrogen) atoms. The van der Waals surface area contributed by atoms with Crippen LogP contribution in [0.15, 0.2) is 30.3 Å². The smallest absolute Gasteiger partial charge is 0.330 e. The molecule has 0 saturated carbocycles. The van der Waals surface area contributed by atoms with Crippen molar-refractivity contribution in [2.45, 2.75) is 19.2 Å². The molecule has 2 atom stereocenters. The molecule has 1 amide bonds. The van der Waals surface area contributed by atoms with Crippen molar-refractivity contribution in [1.82, 2.24) is 4.90 Å². The van der Waals surface area contributed by atoms with Crippen molar-refractivity contribution < 1.29 is 14.3 Å². The summed E-state index contributed by atoms with van der Waals surface area (Å²) in [5.74, 6) is -0.365. The Bertz CT molecular complexity index is 377. The van der Waals surface area contributed by atoms with E-state index in [0.717, 1.165) is 5.56 Å². The average molecular weight is 205 g/mol. The van der Waals surface area contributed by atoms with Gasteiger partial charge in [0.1, 0.15) is 6.04 Å². The van der Waals surface area contributed by atoms with Crippen LogP contribution in [0.2, 0.25) is 0 Å². The van der Waals surface area contributed by atoms with E-state index < -0.39 is 12.3 Å². The predicted molar refractivity (Wildman–Crippen MR) is 52.6 cm³/mol. The van der Waals surface area contributed by atoms with E-state index in [1.54, 1.807) is 6.92 Å². The molecule has 78 valence electrons.